The first-order valence-electron chi connectivity index (χ1n) is 13.2. The van der Waals surface area contributed by atoms with E-state index in [1.165, 1.54) is 15.9 Å². The predicted octanol–water partition coefficient (Wildman–Crippen LogP) is 3.61. The summed E-state index contributed by atoms with van der Waals surface area (Å²) >= 11 is 0. The van der Waals surface area contributed by atoms with Gasteiger partial charge in [0.25, 0.3) is 5.91 Å². The number of nitrogens with one attached hydrogen (secondary N) is 1. The van der Waals surface area contributed by atoms with E-state index in [1.54, 1.807) is 52.0 Å². The van der Waals surface area contributed by atoms with Gasteiger partial charge in [-0.25, -0.2) is 14.8 Å². The van der Waals surface area contributed by atoms with E-state index in [4.69, 9.17) is 15.0 Å². The molecule has 0 unspecified atom stereocenters. The molecule has 2 heterocycles. The number of esters is 1. The van der Waals surface area contributed by atoms with Crippen molar-refractivity contribution in [2.24, 2.45) is 5.11 Å². The van der Waals surface area contributed by atoms with Gasteiger partial charge < -0.3 is 24.6 Å². The highest BCUT2D eigenvalue weighted by Crippen LogP contribution is 2.20. The lowest BCUT2D eigenvalue weighted by Crippen LogP contribution is -2.56. The Morgan fingerprint density at radius 3 is 2.34 bits per heavy atom. The van der Waals surface area contributed by atoms with Crippen LogP contribution in [0.15, 0.2) is 41.5 Å². The highest BCUT2D eigenvalue weighted by atomic mass is 16.6. The Bertz CT molecular complexity index is 1300. The zero-order valence-electron chi connectivity index (χ0n) is 23.6. The van der Waals surface area contributed by atoms with E-state index in [2.05, 4.69) is 25.3 Å². The fourth-order valence-electron chi connectivity index (χ4n) is 4.05. The molecular formula is C27H34N8O6. The smallest absolute Gasteiger partial charge is 0.409 e. The van der Waals surface area contributed by atoms with E-state index in [0.29, 0.717) is 5.56 Å². The predicted molar refractivity (Wildman–Crippen MR) is 148 cm³/mol. The lowest BCUT2D eigenvalue weighted by molar-refractivity contribution is -0.155. The molecule has 1 aliphatic heterocycles. The molecule has 0 bridgehead atoms. The molecule has 14 nitrogen and oxygen atoms in total. The zero-order chi connectivity index (χ0) is 30.0. The summed E-state index contributed by atoms with van der Waals surface area (Å²) in [6.07, 6.45) is -0.611. The summed E-state index contributed by atoms with van der Waals surface area (Å²) in [5.41, 5.74) is 8.69. The molecule has 0 aliphatic carbocycles. The normalized spacial score (nSPS) is 14.0. The highest BCUT2D eigenvalue weighted by molar-refractivity contribution is 5.97. The van der Waals surface area contributed by atoms with Gasteiger partial charge in [0.05, 0.1) is 6.61 Å². The minimum absolute atomic E-state index is 0.0303. The molecule has 2 aromatic rings. The SMILES string of the molecule is CCOC(=O)N1CCN(C(=O)[C@H](CCC(=O)OC(C)(C)C)NC(=O)c2cc(N=[N+]=[N-])nc(-c3ccccc3)n2)CC1. The molecule has 41 heavy (non-hydrogen) atoms. The fourth-order valence-corrected chi connectivity index (χ4v) is 4.05. The van der Waals surface area contributed by atoms with Crippen LogP contribution in [0.1, 0.15) is 51.0 Å². The number of hydrogen-bond donors (Lipinski definition) is 1. The van der Waals surface area contributed by atoms with E-state index in [-0.39, 0.29) is 63.0 Å². The molecule has 1 fully saturated rings. The number of amides is 3. The number of ether oxygens (including phenoxy) is 2. The molecule has 1 aliphatic rings. The van der Waals surface area contributed by atoms with Crippen LogP contribution in [0, 0.1) is 0 Å². The maximum absolute atomic E-state index is 13.5. The summed E-state index contributed by atoms with van der Waals surface area (Å²) in [6, 6.07) is 8.94. The third-order valence-corrected chi connectivity index (χ3v) is 5.90. The third-order valence-electron chi connectivity index (χ3n) is 5.90. The van der Waals surface area contributed by atoms with Gasteiger partial charge in [0.1, 0.15) is 23.2 Å². The summed E-state index contributed by atoms with van der Waals surface area (Å²) in [5, 5.41) is 6.20. The molecule has 3 amide bonds. The number of azide groups is 1. The summed E-state index contributed by atoms with van der Waals surface area (Å²) in [6.45, 7) is 8.14. The number of hydrogen-bond acceptors (Lipinski definition) is 9. The Labute approximate surface area is 237 Å². The summed E-state index contributed by atoms with van der Waals surface area (Å²) in [5.74, 6) is -1.56. The first-order valence-corrected chi connectivity index (χ1v) is 13.2. The Kier molecular flexibility index (Phi) is 10.6. The van der Waals surface area contributed by atoms with Crippen LogP contribution in [-0.4, -0.2) is 88.1 Å². The molecule has 1 aromatic heterocycles. The number of nitrogens with zero attached hydrogens (tertiary/aromatic N) is 7. The average Bonchev–Trinajstić information content (AvgIpc) is 2.94. The Morgan fingerprint density at radius 1 is 1.07 bits per heavy atom. The van der Waals surface area contributed by atoms with Crippen LogP contribution in [0.25, 0.3) is 21.8 Å². The molecule has 14 heteroatoms. The zero-order valence-corrected chi connectivity index (χ0v) is 23.6. The molecule has 3 rings (SSSR count). The molecule has 0 radical (unpaired) electrons. The Morgan fingerprint density at radius 2 is 1.73 bits per heavy atom. The van der Waals surface area contributed by atoms with Crippen molar-refractivity contribution in [3.63, 3.8) is 0 Å². The van der Waals surface area contributed by atoms with Gasteiger partial charge in [0.15, 0.2) is 5.82 Å². The maximum Gasteiger partial charge on any atom is 0.409 e. The second-order valence-corrected chi connectivity index (χ2v) is 10.2. The maximum atomic E-state index is 13.5. The van der Waals surface area contributed by atoms with E-state index < -0.39 is 35.5 Å². The molecule has 0 spiro atoms. The van der Waals surface area contributed by atoms with Crippen LogP contribution in [0.4, 0.5) is 10.6 Å². The Balaban J connectivity index is 1.82. The largest absolute Gasteiger partial charge is 0.460 e. The topological polar surface area (TPSA) is 180 Å². The van der Waals surface area contributed by atoms with Crippen LogP contribution in [0.3, 0.4) is 0 Å². The average molecular weight is 567 g/mol. The van der Waals surface area contributed by atoms with Crippen LogP contribution in [0.5, 0.6) is 0 Å². The number of carbonyl (C=O) groups is 4. The molecule has 1 atom stereocenters. The van der Waals surface area contributed by atoms with E-state index in [9.17, 15) is 19.2 Å². The highest BCUT2D eigenvalue weighted by Gasteiger charge is 2.32. The minimum atomic E-state index is -1.10. The van der Waals surface area contributed by atoms with Crippen LogP contribution < -0.4 is 5.32 Å². The second-order valence-electron chi connectivity index (χ2n) is 10.2. The number of piperazine rings is 1. The van der Waals surface area contributed by atoms with E-state index >= 15 is 0 Å². The first-order chi connectivity index (χ1) is 19.5. The van der Waals surface area contributed by atoms with E-state index in [0.717, 1.165) is 0 Å². The number of rotatable bonds is 9. The third kappa shape index (κ3) is 9.17. The minimum Gasteiger partial charge on any atom is -0.460 e. The molecule has 0 saturated carbocycles. The molecule has 218 valence electrons. The van der Waals surface area contributed by atoms with Crippen molar-refractivity contribution in [3.05, 3.63) is 52.5 Å². The molecule has 1 N–H and O–H groups in total. The van der Waals surface area contributed by atoms with Gasteiger partial charge in [0.2, 0.25) is 5.91 Å². The van der Waals surface area contributed by atoms with Gasteiger partial charge in [0, 0.05) is 43.1 Å². The van der Waals surface area contributed by atoms with Gasteiger partial charge in [-0.05, 0) is 50.8 Å². The standard InChI is InChI=1S/C27H34N8O6/c1-5-40-26(39)35-15-13-34(14-16-35)25(38)19(11-12-22(36)41-27(2,3)4)30-24(37)20-17-21(32-33-28)31-23(29-20)18-9-7-6-8-10-18/h6-10,17,19H,5,11-16H2,1-4H3,(H,30,37)/t19-/m0/s1. The van der Waals surface area contributed by atoms with Gasteiger partial charge >= 0.3 is 12.1 Å². The van der Waals surface area contributed by atoms with Gasteiger partial charge in [-0.2, -0.15) is 0 Å². The van der Waals surface area contributed by atoms with Gasteiger partial charge in [-0.3, -0.25) is 14.4 Å². The van der Waals surface area contributed by atoms with E-state index in [1.807, 2.05) is 6.07 Å². The van der Waals surface area contributed by atoms with Crippen molar-refractivity contribution >= 4 is 29.7 Å². The van der Waals surface area contributed by atoms with Crippen LogP contribution in [-0.2, 0) is 19.1 Å². The fraction of sp³-hybridized carbons (Fsp3) is 0.481. The van der Waals surface area contributed by atoms with Crippen molar-refractivity contribution in [2.45, 2.75) is 52.2 Å². The number of aromatic nitrogens is 2. The first kappa shape index (κ1) is 30.8. The number of benzene rings is 1. The molecule has 1 saturated heterocycles. The Hall–Kier alpha value is -4.71. The van der Waals surface area contributed by atoms with Crippen LogP contribution in [0.2, 0.25) is 0 Å². The van der Waals surface area contributed by atoms with Crippen molar-refractivity contribution in [1.82, 2.24) is 25.1 Å². The summed E-state index contributed by atoms with van der Waals surface area (Å²) < 4.78 is 10.4. The lowest BCUT2D eigenvalue weighted by atomic mass is 10.1. The molecule has 1 aromatic carbocycles. The summed E-state index contributed by atoms with van der Waals surface area (Å²) in [7, 11) is 0. The van der Waals surface area contributed by atoms with Crippen LogP contribution >= 0.6 is 0 Å². The lowest BCUT2D eigenvalue weighted by Gasteiger charge is -2.36. The molecular weight excluding hydrogens is 532 g/mol. The monoisotopic (exact) mass is 566 g/mol. The van der Waals surface area contributed by atoms with Crippen molar-refractivity contribution < 1.29 is 28.7 Å². The second kappa shape index (κ2) is 14.1. The number of carbonyl (C=O) groups excluding carboxylic acids is 4. The van der Waals surface area contributed by atoms with Gasteiger partial charge in [-0.15, -0.1) is 0 Å². The summed E-state index contributed by atoms with van der Waals surface area (Å²) in [4.78, 5) is 65.7. The van der Waals surface area contributed by atoms with Crippen molar-refractivity contribution in [2.75, 3.05) is 32.8 Å². The van der Waals surface area contributed by atoms with Crippen molar-refractivity contribution in [3.8, 4) is 11.4 Å². The van der Waals surface area contributed by atoms with Crippen molar-refractivity contribution in [1.29, 1.82) is 0 Å². The quantitative estimate of drug-likeness (QED) is 0.207. The van der Waals surface area contributed by atoms with Gasteiger partial charge in [-0.1, -0.05) is 30.3 Å².